The number of carbonyl (C=O) groups excluding carboxylic acids is 1. The Morgan fingerprint density at radius 2 is 2.00 bits per heavy atom. The first-order valence-electron chi connectivity index (χ1n) is 6.81. The summed E-state index contributed by atoms with van der Waals surface area (Å²) in [5.74, 6) is -0.584. The smallest absolute Gasteiger partial charge is 0.396 e. The molecule has 1 heterocycles. The third-order valence-corrected chi connectivity index (χ3v) is 3.51. The van der Waals surface area contributed by atoms with Gasteiger partial charge in [-0.15, -0.1) is 0 Å². The van der Waals surface area contributed by atoms with E-state index in [1.165, 1.54) is 0 Å². The van der Waals surface area contributed by atoms with Crippen molar-refractivity contribution in [3.8, 4) is 0 Å². The number of pyridine rings is 1. The molecule has 0 aromatic carbocycles. The molecular weight excluding hydrogens is 301 g/mol. The van der Waals surface area contributed by atoms with Gasteiger partial charge < -0.3 is 15.0 Å². The molecule has 1 unspecified atom stereocenters. The molecule has 22 heavy (non-hydrogen) atoms. The van der Waals surface area contributed by atoms with E-state index in [-0.39, 0.29) is 6.61 Å². The van der Waals surface area contributed by atoms with E-state index in [2.05, 4.69) is 5.32 Å². The number of aliphatic hydroxyl groups excluding tert-OH is 1. The molecule has 0 saturated heterocycles. The van der Waals surface area contributed by atoms with Gasteiger partial charge in [0.25, 0.3) is 5.56 Å². The first-order valence-corrected chi connectivity index (χ1v) is 6.81. The van der Waals surface area contributed by atoms with Crippen molar-refractivity contribution in [3.05, 3.63) is 34.2 Å². The van der Waals surface area contributed by atoms with Gasteiger partial charge in [0.15, 0.2) is 0 Å². The zero-order chi connectivity index (χ0) is 17.0. The fourth-order valence-electron chi connectivity index (χ4n) is 1.93. The Morgan fingerprint density at radius 1 is 1.36 bits per heavy atom. The molecular formula is C14H19F3N2O3. The summed E-state index contributed by atoms with van der Waals surface area (Å²) in [6.45, 7) is 2.89. The van der Waals surface area contributed by atoms with Crippen LogP contribution in [0.4, 0.5) is 13.2 Å². The van der Waals surface area contributed by atoms with Gasteiger partial charge in [-0.05, 0) is 25.8 Å². The Labute approximate surface area is 125 Å². The van der Waals surface area contributed by atoms with E-state index in [0.717, 1.165) is 6.07 Å². The molecule has 0 aliphatic carbocycles. The number of halogens is 3. The number of aromatic nitrogens is 1. The molecule has 0 aliphatic heterocycles. The monoisotopic (exact) mass is 320 g/mol. The van der Waals surface area contributed by atoms with Gasteiger partial charge >= 0.3 is 6.18 Å². The highest BCUT2D eigenvalue weighted by atomic mass is 19.4. The molecule has 2 N–H and O–H groups in total. The van der Waals surface area contributed by atoms with Crippen LogP contribution >= 0.6 is 0 Å². The van der Waals surface area contributed by atoms with Crippen molar-refractivity contribution in [1.82, 2.24) is 9.88 Å². The lowest BCUT2D eigenvalue weighted by atomic mass is 9.95. The van der Waals surface area contributed by atoms with Crippen LogP contribution in [-0.2, 0) is 17.5 Å². The van der Waals surface area contributed by atoms with E-state index in [0.29, 0.717) is 29.7 Å². The summed E-state index contributed by atoms with van der Waals surface area (Å²) in [6, 6.07) is 1.46. The molecule has 0 bridgehead atoms. The number of hydrogen-bond acceptors (Lipinski definition) is 3. The second kappa shape index (κ2) is 6.95. The van der Waals surface area contributed by atoms with Crippen LogP contribution in [0.1, 0.15) is 32.3 Å². The van der Waals surface area contributed by atoms with Crippen LogP contribution in [0, 0.1) is 0 Å². The maximum atomic E-state index is 12.6. The molecule has 1 amide bonds. The summed E-state index contributed by atoms with van der Waals surface area (Å²) in [6.07, 6.45) is -3.11. The topological polar surface area (TPSA) is 71.3 Å². The second-order valence-electron chi connectivity index (χ2n) is 5.32. The van der Waals surface area contributed by atoms with Gasteiger partial charge in [0, 0.05) is 24.4 Å². The van der Waals surface area contributed by atoms with Crippen LogP contribution in [-0.4, -0.2) is 27.7 Å². The summed E-state index contributed by atoms with van der Waals surface area (Å²) in [4.78, 5) is 23.5. The number of carbonyl (C=O) groups is 1. The number of nitrogens with one attached hydrogen (secondary N) is 1. The lowest BCUT2D eigenvalue weighted by Gasteiger charge is -2.29. The minimum atomic E-state index is -4.58. The molecule has 0 saturated carbocycles. The van der Waals surface area contributed by atoms with Crippen LogP contribution in [0.2, 0.25) is 0 Å². The fraction of sp³-hybridized carbons (Fsp3) is 0.571. The third kappa shape index (κ3) is 4.87. The number of rotatable bonds is 6. The highest BCUT2D eigenvalue weighted by molar-refractivity contribution is 5.76. The Kier molecular flexibility index (Phi) is 5.76. The average molecular weight is 320 g/mol. The molecule has 1 rings (SSSR count). The molecule has 5 nitrogen and oxygen atoms in total. The van der Waals surface area contributed by atoms with Gasteiger partial charge in [-0.1, -0.05) is 6.92 Å². The van der Waals surface area contributed by atoms with E-state index in [1.54, 1.807) is 6.92 Å². The van der Waals surface area contributed by atoms with Crippen LogP contribution in [0.15, 0.2) is 23.1 Å². The van der Waals surface area contributed by atoms with Gasteiger partial charge in [-0.25, -0.2) is 0 Å². The molecule has 1 aromatic rings. The first-order chi connectivity index (χ1) is 10.1. The van der Waals surface area contributed by atoms with E-state index < -0.39 is 35.3 Å². The molecule has 0 fully saturated rings. The summed E-state index contributed by atoms with van der Waals surface area (Å²) >= 11 is 0. The van der Waals surface area contributed by atoms with Gasteiger partial charge in [0.05, 0.1) is 5.56 Å². The summed E-state index contributed by atoms with van der Waals surface area (Å²) in [5.41, 5.74) is -2.35. The van der Waals surface area contributed by atoms with Crippen molar-refractivity contribution in [1.29, 1.82) is 0 Å². The molecule has 8 heteroatoms. The zero-order valence-electron chi connectivity index (χ0n) is 12.4. The Morgan fingerprint density at radius 3 is 2.50 bits per heavy atom. The standard InChI is InChI=1S/C14H19F3N2O3/c1-3-13(2,6-7-20)18-11(21)9-19-8-10(14(15,16)17)4-5-12(19)22/h4-5,8,20H,3,6-7,9H2,1-2H3,(H,18,21). The molecule has 1 atom stereocenters. The Hall–Kier alpha value is -1.83. The normalized spacial score (nSPS) is 14.5. The lowest BCUT2D eigenvalue weighted by molar-refractivity contribution is -0.138. The van der Waals surface area contributed by atoms with E-state index in [4.69, 9.17) is 5.11 Å². The minimum Gasteiger partial charge on any atom is -0.396 e. The number of alkyl halides is 3. The maximum Gasteiger partial charge on any atom is 0.417 e. The maximum absolute atomic E-state index is 12.6. The van der Waals surface area contributed by atoms with Crippen molar-refractivity contribution >= 4 is 5.91 Å². The molecule has 0 spiro atoms. The van der Waals surface area contributed by atoms with Gasteiger partial charge in [0.1, 0.15) is 6.54 Å². The van der Waals surface area contributed by atoms with Gasteiger partial charge in [0.2, 0.25) is 5.91 Å². The first kappa shape index (κ1) is 18.2. The lowest BCUT2D eigenvalue weighted by Crippen LogP contribution is -2.48. The summed E-state index contributed by atoms with van der Waals surface area (Å²) in [5, 5.41) is 11.6. The molecule has 0 aliphatic rings. The molecule has 124 valence electrons. The number of amides is 1. The van der Waals surface area contributed by atoms with Crippen LogP contribution in [0.5, 0.6) is 0 Å². The Balaban J connectivity index is 2.91. The van der Waals surface area contributed by atoms with E-state index >= 15 is 0 Å². The largest absolute Gasteiger partial charge is 0.417 e. The number of nitrogens with zero attached hydrogens (tertiary/aromatic N) is 1. The summed E-state index contributed by atoms with van der Waals surface area (Å²) < 4.78 is 38.6. The van der Waals surface area contributed by atoms with E-state index in [1.807, 2.05) is 6.92 Å². The number of aliphatic hydroxyl groups is 1. The highest BCUT2D eigenvalue weighted by Gasteiger charge is 2.31. The minimum absolute atomic E-state index is 0.131. The predicted octanol–water partition coefficient (Wildman–Crippen LogP) is 1.53. The molecule has 1 aromatic heterocycles. The van der Waals surface area contributed by atoms with Crippen molar-refractivity contribution in [2.24, 2.45) is 0 Å². The van der Waals surface area contributed by atoms with Crippen molar-refractivity contribution in [3.63, 3.8) is 0 Å². The average Bonchev–Trinajstić information content (AvgIpc) is 2.40. The number of hydrogen-bond donors (Lipinski definition) is 2. The van der Waals surface area contributed by atoms with Crippen LogP contribution in [0.25, 0.3) is 0 Å². The Bertz CT molecular complexity index is 583. The van der Waals surface area contributed by atoms with Crippen molar-refractivity contribution in [2.45, 2.75) is 44.9 Å². The highest BCUT2D eigenvalue weighted by Crippen LogP contribution is 2.28. The van der Waals surface area contributed by atoms with Gasteiger partial charge in [-0.3, -0.25) is 9.59 Å². The van der Waals surface area contributed by atoms with Crippen LogP contribution in [0.3, 0.4) is 0 Å². The van der Waals surface area contributed by atoms with E-state index in [9.17, 15) is 22.8 Å². The summed E-state index contributed by atoms with van der Waals surface area (Å²) in [7, 11) is 0. The second-order valence-corrected chi connectivity index (χ2v) is 5.32. The van der Waals surface area contributed by atoms with Crippen LogP contribution < -0.4 is 10.9 Å². The predicted molar refractivity (Wildman–Crippen MR) is 74.2 cm³/mol. The SMILES string of the molecule is CCC(C)(CCO)NC(=O)Cn1cc(C(F)(F)F)ccc1=O. The third-order valence-electron chi connectivity index (χ3n) is 3.51. The quantitative estimate of drug-likeness (QED) is 0.835. The molecule has 0 radical (unpaired) electrons. The van der Waals surface area contributed by atoms with Crippen molar-refractivity contribution in [2.75, 3.05) is 6.61 Å². The van der Waals surface area contributed by atoms with Crippen molar-refractivity contribution < 1.29 is 23.1 Å². The zero-order valence-corrected chi connectivity index (χ0v) is 12.4. The fourth-order valence-corrected chi connectivity index (χ4v) is 1.93. The van der Waals surface area contributed by atoms with Gasteiger partial charge in [-0.2, -0.15) is 13.2 Å².